The van der Waals surface area contributed by atoms with E-state index >= 15 is 0 Å². The van der Waals surface area contributed by atoms with Gasteiger partial charge in [-0.05, 0) is 23.3 Å². The zero-order valence-electron chi connectivity index (χ0n) is 13.8. The molecular formula is C21H13F3O3. The zero-order chi connectivity index (χ0) is 19.6. The highest BCUT2D eigenvalue weighted by Gasteiger charge is 2.37. The fourth-order valence-corrected chi connectivity index (χ4v) is 2.90. The molecule has 0 heterocycles. The first-order valence-electron chi connectivity index (χ1n) is 7.93. The van der Waals surface area contributed by atoms with E-state index in [0.29, 0.717) is 0 Å². The van der Waals surface area contributed by atoms with Crippen molar-refractivity contribution >= 4 is 11.8 Å². The van der Waals surface area contributed by atoms with Gasteiger partial charge in [-0.2, -0.15) is 13.2 Å². The number of carbonyl (C=O) groups excluding carboxylic acids is 1. The topological polar surface area (TPSA) is 54.4 Å². The maximum Gasteiger partial charge on any atom is 0.417 e. The van der Waals surface area contributed by atoms with E-state index in [1.54, 1.807) is 18.2 Å². The molecule has 0 saturated carbocycles. The van der Waals surface area contributed by atoms with Crippen molar-refractivity contribution in [2.75, 3.05) is 0 Å². The molecule has 27 heavy (non-hydrogen) atoms. The van der Waals surface area contributed by atoms with Gasteiger partial charge in [0, 0.05) is 11.1 Å². The average Bonchev–Trinajstić information content (AvgIpc) is 2.66. The molecule has 3 aromatic rings. The lowest BCUT2D eigenvalue weighted by atomic mass is 9.88. The molecule has 0 aliphatic rings. The highest BCUT2D eigenvalue weighted by Crippen LogP contribution is 2.38. The van der Waals surface area contributed by atoms with Gasteiger partial charge < -0.3 is 5.11 Å². The summed E-state index contributed by atoms with van der Waals surface area (Å²) >= 11 is 0. The fourth-order valence-electron chi connectivity index (χ4n) is 2.90. The van der Waals surface area contributed by atoms with Gasteiger partial charge in [-0.15, -0.1) is 0 Å². The van der Waals surface area contributed by atoms with Crippen LogP contribution in [0.25, 0.3) is 11.1 Å². The van der Waals surface area contributed by atoms with Gasteiger partial charge in [0.2, 0.25) is 0 Å². The SMILES string of the molecule is O=C(O)c1ccccc1-c1cccc(C(F)(F)F)c1C(=O)c1ccccc1. The van der Waals surface area contributed by atoms with Crippen LogP contribution >= 0.6 is 0 Å². The summed E-state index contributed by atoms with van der Waals surface area (Å²) in [5, 5.41) is 9.40. The fraction of sp³-hybridized carbons (Fsp3) is 0.0476. The predicted molar refractivity (Wildman–Crippen MR) is 93.7 cm³/mol. The predicted octanol–water partition coefficient (Wildman–Crippen LogP) is 5.30. The van der Waals surface area contributed by atoms with Crippen LogP contribution < -0.4 is 0 Å². The van der Waals surface area contributed by atoms with E-state index in [9.17, 15) is 27.9 Å². The third kappa shape index (κ3) is 3.60. The Balaban J connectivity index is 2.34. The summed E-state index contributed by atoms with van der Waals surface area (Å²) in [5.74, 6) is -2.11. The lowest BCUT2D eigenvalue weighted by Crippen LogP contribution is -2.16. The number of halogens is 3. The molecule has 0 unspecified atom stereocenters. The summed E-state index contributed by atoms with van der Waals surface area (Å²) in [6.45, 7) is 0. The van der Waals surface area contributed by atoms with Crippen LogP contribution in [0.1, 0.15) is 31.8 Å². The summed E-state index contributed by atoms with van der Waals surface area (Å²) in [6, 6.07) is 16.6. The highest BCUT2D eigenvalue weighted by molar-refractivity contribution is 6.15. The van der Waals surface area contributed by atoms with Crippen molar-refractivity contribution in [3.05, 3.63) is 95.1 Å². The molecule has 136 valence electrons. The molecule has 0 saturated heterocycles. The van der Waals surface area contributed by atoms with Crippen LogP contribution in [-0.2, 0) is 6.18 Å². The number of rotatable bonds is 4. The van der Waals surface area contributed by atoms with Crippen molar-refractivity contribution in [1.82, 2.24) is 0 Å². The van der Waals surface area contributed by atoms with E-state index in [1.807, 2.05) is 0 Å². The molecule has 0 fully saturated rings. The van der Waals surface area contributed by atoms with Crippen LogP contribution in [0.2, 0.25) is 0 Å². The van der Waals surface area contributed by atoms with Gasteiger partial charge in [-0.3, -0.25) is 4.79 Å². The second-order valence-electron chi connectivity index (χ2n) is 5.77. The first-order valence-corrected chi connectivity index (χ1v) is 7.93. The second kappa shape index (κ2) is 7.07. The smallest absolute Gasteiger partial charge is 0.417 e. The minimum absolute atomic E-state index is 0.0513. The minimum Gasteiger partial charge on any atom is -0.478 e. The van der Waals surface area contributed by atoms with E-state index in [0.717, 1.165) is 6.07 Å². The highest BCUT2D eigenvalue weighted by atomic mass is 19.4. The molecule has 0 bridgehead atoms. The Labute approximate surface area is 152 Å². The Morgan fingerprint density at radius 3 is 1.96 bits per heavy atom. The molecule has 0 aliphatic carbocycles. The van der Waals surface area contributed by atoms with Crippen LogP contribution in [0.3, 0.4) is 0 Å². The molecule has 1 N–H and O–H groups in total. The molecule has 3 aromatic carbocycles. The lowest BCUT2D eigenvalue weighted by molar-refractivity contribution is -0.137. The zero-order valence-corrected chi connectivity index (χ0v) is 13.8. The van der Waals surface area contributed by atoms with Crippen molar-refractivity contribution in [2.45, 2.75) is 6.18 Å². The first kappa shape index (κ1) is 18.4. The number of alkyl halides is 3. The van der Waals surface area contributed by atoms with Crippen molar-refractivity contribution in [2.24, 2.45) is 0 Å². The lowest BCUT2D eigenvalue weighted by Gasteiger charge is -2.17. The number of hydrogen-bond donors (Lipinski definition) is 1. The average molecular weight is 370 g/mol. The number of aromatic carboxylic acids is 1. The molecular weight excluding hydrogens is 357 g/mol. The number of carbonyl (C=O) groups is 2. The number of ketones is 1. The van der Waals surface area contributed by atoms with Gasteiger partial charge in [-0.1, -0.05) is 60.7 Å². The number of benzene rings is 3. The number of carboxylic acid groups (broad SMARTS) is 1. The van der Waals surface area contributed by atoms with Crippen LogP contribution in [0.15, 0.2) is 72.8 Å². The van der Waals surface area contributed by atoms with Crippen LogP contribution in [0, 0.1) is 0 Å². The van der Waals surface area contributed by atoms with Crippen molar-refractivity contribution in [1.29, 1.82) is 0 Å². The van der Waals surface area contributed by atoms with E-state index in [-0.39, 0.29) is 22.3 Å². The molecule has 3 nitrogen and oxygen atoms in total. The summed E-state index contributed by atoms with van der Waals surface area (Å²) in [4.78, 5) is 24.5. The third-order valence-corrected chi connectivity index (χ3v) is 4.08. The van der Waals surface area contributed by atoms with E-state index in [4.69, 9.17) is 0 Å². The summed E-state index contributed by atoms with van der Waals surface area (Å²) < 4.78 is 40.8. The maximum absolute atomic E-state index is 13.6. The largest absolute Gasteiger partial charge is 0.478 e. The van der Waals surface area contributed by atoms with E-state index in [2.05, 4.69) is 0 Å². The Morgan fingerprint density at radius 2 is 1.33 bits per heavy atom. The van der Waals surface area contributed by atoms with Gasteiger partial charge >= 0.3 is 12.1 Å². The van der Waals surface area contributed by atoms with Gasteiger partial charge in [0.05, 0.1) is 11.1 Å². The number of carboxylic acids is 1. The van der Waals surface area contributed by atoms with Crippen molar-refractivity contribution in [3.63, 3.8) is 0 Å². The van der Waals surface area contributed by atoms with Crippen LogP contribution in [0.5, 0.6) is 0 Å². The molecule has 0 atom stereocenters. The summed E-state index contributed by atoms with van der Waals surface area (Å²) in [7, 11) is 0. The molecule has 6 heteroatoms. The Kier molecular flexibility index (Phi) is 4.81. The monoisotopic (exact) mass is 370 g/mol. The minimum atomic E-state index is -4.77. The van der Waals surface area contributed by atoms with E-state index in [1.165, 1.54) is 48.5 Å². The van der Waals surface area contributed by atoms with Crippen LogP contribution in [-0.4, -0.2) is 16.9 Å². The normalized spacial score (nSPS) is 11.2. The first-order chi connectivity index (χ1) is 12.8. The second-order valence-corrected chi connectivity index (χ2v) is 5.77. The van der Waals surface area contributed by atoms with Crippen molar-refractivity contribution < 1.29 is 27.9 Å². The van der Waals surface area contributed by atoms with Crippen molar-refractivity contribution in [3.8, 4) is 11.1 Å². The number of hydrogen-bond acceptors (Lipinski definition) is 2. The standard InChI is InChI=1S/C21H13F3O3/c22-21(23,24)17-12-6-11-15(14-9-4-5-10-16(14)20(26)27)18(17)19(25)13-7-2-1-3-8-13/h1-12H,(H,26,27). The Bertz CT molecular complexity index is 1010. The summed E-state index contributed by atoms with van der Waals surface area (Å²) in [5.41, 5.74) is -1.78. The molecule has 0 radical (unpaired) electrons. The van der Waals surface area contributed by atoms with Gasteiger partial charge in [-0.25, -0.2) is 4.79 Å². The quantitative estimate of drug-likeness (QED) is 0.634. The maximum atomic E-state index is 13.6. The van der Waals surface area contributed by atoms with Gasteiger partial charge in [0.25, 0.3) is 0 Å². The molecule has 3 rings (SSSR count). The van der Waals surface area contributed by atoms with Gasteiger partial charge in [0.15, 0.2) is 5.78 Å². The Hall–Kier alpha value is -3.41. The molecule has 0 spiro atoms. The van der Waals surface area contributed by atoms with E-state index < -0.39 is 29.1 Å². The van der Waals surface area contributed by atoms with Crippen LogP contribution in [0.4, 0.5) is 13.2 Å². The third-order valence-electron chi connectivity index (χ3n) is 4.08. The summed E-state index contributed by atoms with van der Waals surface area (Å²) in [6.07, 6.45) is -4.77. The van der Waals surface area contributed by atoms with Gasteiger partial charge in [0.1, 0.15) is 0 Å². The molecule has 0 aliphatic heterocycles. The Morgan fingerprint density at radius 1 is 0.741 bits per heavy atom. The molecule has 0 amide bonds. The molecule has 0 aromatic heterocycles.